The van der Waals surface area contributed by atoms with Gasteiger partial charge in [-0.05, 0) is 0 Å². The van der Waals surface area contributed by atoms with Crippen molar-refractivity contribution in [3.63, 3.8) is 0 Å². The Morgan fingerprint density at radius 2 is 1.38 bits per heavy atom. The Kier molecular flexibility index (Phi) is 5.50. The molecule has 0 fully saturated rings. The van der Waals surface area contributed by atoms with E-state index >= 15 is 0 Å². The van der Waals surface area contributed by atoms with Gasteiger partial charge in [-0.25, -0.2) is 0 Å². The van der Waals surface area contributed by atoms with Crippen LogP contribution in [0, 0.1) is 0 Å². The van der Waals surface area contributed by atoms with E-state index in [-0.39, 0.29) is 7.25 Å². The number of hydrogen-bond donors (Lipinski definition) is 0. The molecule has 2 aliphatic carbocycles. The van der Waals surface area contributed by atoms with Crippen LogP contribution in [-0.2, 0) is 15.8 Å². The van der Waals surface area contributed by atoms with Gasteiger partial charge in [0.05, 0.1) is 0 Å². The van der Waals surface area contributed by atoms with Crippen molar-refractivity contribution in [3.8, 4) is 0 Å². The fraction of sp³-hybridized carbons (Fsp3) is 0.0833. The number of halogens is 3. The Balaban J connectivity index is 1.73. The van der Waals surface area contributed by atoms with E-state index in [1.807, 2.05) is 0 Å². The Bertz CT molecular complexity index is 1160. The number of fused-ring (bicyclic) bond motifs is 2. The number of rotatable bonds is 4. The fourth-order valence-electron chi connectivity index (χ4n) is 4.66. The summed E-state index contributed by atoms with van der Waals surface area (Å²) in [5, 5.41) is 1.26. The van der Waals surface area contributed by atoms with Crippen molar-refractivity contribution in [1.29, 1.82) is 0 Å². The first-order chi connectivity index (χ1) is 14.0. The van der Waals surface area contributed by atoms with Gasteiger partial charge in [-0.2, -0.15) is 0 Å². The molecule has 0 nitrogen and oxygen atoms in total. The molecule has 3 aromatic carbocycles. The summed E-state index contributed by atoms with van der Waals surface area (Å²) >= 11 is -2.08. The Morgan fingerprint density at radius 3 is 2.14 bits per heavy atom. The quantitative estimate of drug-likeness (QED) is 0.202. The zero-order valence-corrected chi connectivity index (χ0v) is 22.7. The maximum atomic E-state index is 7.98. The van der Waals surface area contributed by atoms with Crippen molar-refractivity contribution in [2.45, 2.75) is 7.25 Å². The van der Waals surface area contributed by atoms with Crippen LogP contribution in [-0.4, -0.2) is 0 Å². The van der Waals surface area contributed by atoms with Crippen LogP contribution in [0.2, 0.25) is 0 Å². The molecule has 0 saturated heterocycles. The molecule has 0 saturated carbocycles. The van der Waals surface area contributed by atoms with Crippen LogP contribution in [0.5, 0.6) is 0 Å². The summed E-state index contributed by atoms with van der Waals surface area (Å²) in [6, 6.07) is 27.8. The number of allylic oxidation sites excluding steroid dienone is 2. The summed E-state index contributed by atoms with van der Waals surface area (Å²) < 4.78 is 1.49. The molecule has 0 aliphatic heterocycles. The van der Waals surface area contributed by atoms with Crippen LogP contribution in [0.1, 0.15) is 29.5 Å². The van der Waals surface area contributed by atoms with Crippen LogP contribution in [0.4, 0.5) is 0 Å². The predicted octanol–water partition coefficient (Wildman–Crippen LogP) is 8.20. The van der Waals surface area contributed by atoms with Crippen molar-refractivity contribution in [1.82, 2.24) is 0 Å². The second kappa shape index (κ2) is 7.72. The minimum absolute atomic E-state index is 0.101. The molecule has 2 aliphatic rings. The molecule has 3 aromatic rings. The third-order valence-corrected chi connectivity index (χ3v) is 35.5. The van der Waals surface area contributed by atoms with Crippen molar-refractivity contribution in [2.75, 3.05) is 0 Å². The second-order valence-corrected chi connectivity index (χ2v) is 41.1. The Labute approximate surface area is 194 Å². The molecule has 3 unspecified atom stereocenters. The summed E-state index contributed by atoms with van der Waals surface area (Å²) in [6.07, 6.45) is 6.78. The molecule has 0 N–H and O–H groups in total. The standard InChI is InChI=1S/C9H6I.C9H7.C6H6P.2ClH.Zr/c10-9-5-7-3-1-2-4-8(7)6-9;1-2-5-9-7-3-6-8(9)4-1;7-6-4-2-1-3-5-6;;;/h1-6H;1-7H;1-5,7H;2*1H;/q;;-1;;;+3/p-2. The van der Waals surface area contributed by atoms with Gasteiger partial charge < -0.3 is 0 Å². The average molecular weight is 627 g/mol. The van der Waals surface area contributed by atoms with Gasteiger partial charge in [-0.1, -0.05) is 0 Å². The van der Waals surface area contributed by atoms with Crippen molar-refractivity contribution < 1.29 is 15.8 Å². The van der Waals surface area contributed by atoms with Gasteiger partial charge in [-0.15, -0.1) is 0 Å². The predicted molar refractivity (Wildman–Crippen MR) is 135 cm³/mol. The Hall–Kier alpha value is -0.237. The van der Waals surface area contributed by atoms with E-state index in [4.69, 9.17) is 17.0 Å². The molecule has 0 bridgehead atoms. The van der Waals surface area contributed by atoms with E-state index in [0.717, 1.165) is 0 Å². The van der Waals surface area contributed by atoms with Gasteiger partial charge in [0.25, 0.3) is 0 Å². The van der Waals surface area contributed by atoms with Gasteiger partial charge in [-0.3, -0.25) is 0 Å². The van der Waals surface area contributed by atoms with E-state index < -0.39 is 15.8 Å². The van der Waals surface area contributed by atoms with E-state index in [1.54, 1.807) is 0 Å². The third-order valence-electron chi connectivity index (χ3n) is 5.93. The number of hydrogen-bond acceptors (Lipinski definition) is 0. The molecule has 0 aromatic heterocycles. The first kappa shape index (κ1) is 20.7. The molecular formula is C24H19Cl2IPZr. The summed E-state index contributed by atoms with van der Waals surface area (Å²) in [6.45, 7) is 0. The van der Waals surface area contributed by atoms with E-state index in [2.05, 4.69) is 120 Å². The van der Waals surface area contributed by atoms with Gasteiger partial charge in [0, 0.05) is 0 Å². The SMILES string of the molecule is [Cl][Zr]([Cl])([PH]c1ccccc1)([CH]1C=Cc2ccccc21)[CH]1C(I)=Cc2ccccc21. The van der Waals surface area contributed by atoms with Crippen LogP contribution in [0.3, 0.4) is 0 Å². The first-order valence-corrected chi connectivity index (χ1v) is 24.5. The van der Waals surface area contributed by atoms with Gasteiger partial charge in [0.15, 0.2) is 0 Å². The summed E-state index contributed by atoms with van der Waals surface area (Å²) in [4.78, 5) is 0. The summed E-state index contributed by atoms with van der Waals surface area (Å²) in [5.41, 5.74) is 5.10. The van der Waals surface area contributed by atoms with Crippen molar-refractivity contribution in [2.24, 2.45) is 0 Å². The molecule has 5 heteroatoms. The van der Waals surface area contributed by atoms with E-state index in [9.17, 15) is 0 Å². The summed E-state index contributed by atoms with van der Waals surface area (Å²) in [5.74, 6) is 0.423. The molecule has 0 heterocycles. The Morgan fingerprint density at radius 1 is 0.759 bits per heavy atom. The molecule has 3 atom stereocenters. The molecule has 29 heavy (non-hydrogen) atoms. The second-order valence-electron chi connectivity index (χ2n) is 7.70. The zero-order valence-electron chi connectivity index (χ0n) is 15.5. The fourth-order valence-corrected chi connectivity index (χ4v) is 41.6. The van der Waals surface area contributed by atoms with Crippen molar-refractivity contribution >= 4 is 62.9 Å². The molecule has 5 rings (SSSR count). The zero-order chi connectivity index (χ0) is 20.1. The van der Waals surface area contributed by atoms with Gasteiger partial charge in [0.2, 0.25) is 0 Å². The molecule has 0 amide bonds. The maximum absolute atomic E-state index is 7.98. The van der Waals surface area contributed by atoms with Crippen LogP contribution in [0.25, 0.3) is 12.2 Å². The van der Waals surface area contributed by atoms with Crippen LogP contribution < -0.4 is 5.30 Å². The van der Waals surface area contributed by atoms with E-state index in [0.29, 0.717) is 5.87 Å². The van der Waals surface area contributed by atoms with Crippen molar-refractivity contribution in [3.05, 3.63) is 111 Å². The number of benzene rings is 3. The normalized spacial score (nSPS) is 21.6. The van der Waals surface area contributed by atoms with E-state index in [1.165, 1.54) is 31.1 Å². The average Bonchev–Trinajstić information content (AvgIpc) is 3.30. The minimum atomic E-state index is -4.56. The van der Waals surface area contributed by atoms with Gasteiger partial charge >= 0.3 is 197 Å². The van der Waals surface area contributed by atoms with Crippen LogP contribution >= 0.6 is 45.5 Å². The summed E-state index contributed by atoms with van der Waals surface area (Å²) in [7, 11) is 16.0. The first-order valence-electron chi connectivity index (χ1n) is 9.61. The van der Waals surface area contributed by atoms with Gasteiger partial charge in [0.1, 0.15) is 0 Å². The molecule has 0 spiro atoms. The monoisotopic (exact) mass is 625 g/mol. The third kappa shape index (κ3) is 3.48. The molecule has 0 radical (unpaired) electrons. The molecule has 145 valence electrons. The van der Waals surface area contributed by atoms with Crippen LogP contribution in [0.15, 0.2) is 88.5 Å². The molecular weight excluding hydrogens is 608 g/mol. The topological polar surface area (TPSA) is 0 Å².